The molecule has 0 aliphatic carbocycles. The zero-order valence-corrected chi connectivity index (χ0v) is 71.6. The van der Waals surface area contributed by atoms with Crippen LogP contribution in [-0.4, -0.2) is 199 Å². The van der Waals surface area contributed by atoms with Crippen LogP contribution >= 0.6 is 34.8 Å². The lowest BCUT2D eigenvalue weighted by Gasteiger charge is -2.35. The second-order valence-corrected chi connectivity index (χ2v) is 32.0. The van der Waals surface area contributed by atoms with E-state index in [9.17, 15) is 18.8 Å². The summed E-state index contributed by atoms with van der Waals surface area (Å²) >= 11 is 19.0. The van der Waals surface area contributed by atoms with Crippen LogP contribution in [0, 0.1) is 12.7 Å². The van der Waals surface area contributed by atoms with Gasteiger partial charge in [-0.3, -0.25) is 24.5 Å². The number of benzene rings is 9. The van der Waals surface area contributed by atoms with E-state index in [1.807, 2.05) is 146 Å². The van der Waals surface area contributed by atoms with Gasteiger partial charge in [0.25, 0.3) is 0 Å². The van der Waals surface area contributed by atoms with Crippen molar-refractivity contribution >= 4 is 85.8 Å². The van der Waals surface area contributed by atoms with Crippen LogP contribution in [0.1, 0.15) is 93.4 Å². The average molecular weight is 1740 g/mol. The van der Waals surface area contributed by atoms with Crippen molar-refractivity contribution in [2.75, 3.05) is 126 Å². The fourth-order valence-corrected chi connectivity index (χ4v) is 17.2. The van der Waals surface area contributed by atoms with Gasteiger partial charge in [-0.25, -0.2) is 18.8 Å². The fourth-order valence-electron chi connectivity index (χ4n) is 16.7. The molecule has 9 heterocycles. The summed E-state index contributed by atoms with van der Waals surface area (Å²) in [5, 5.41) is 13.4. The summed E-state index contributed by atoms with van der Waals surface area (Å²) in [5.74, 6) is 4.80. The molecule has 29 heteroatoms. The third-order valence-corrected chi connectivity index (χ3v) is 23.6. The predicted molar refractivity (Wildman–Crippen MR) is 473 cm³/mol. The maximum absolute atomic E-state index is 13.6. The number of nitrogens with zero attached hydrogens (tertiary/aromatic N) is 8. The number of aromatic nitrogens is 6. The highest BCUT2D eigenvalue weighted by Gasteiger charge is 2.40. The molecule has 13 aromatic rings. The molecule has 3 amide bonds. The first-order valence-electron chi connectivity index (χ1n) is 41.7. The molecular weight excluding hydrogens is 1640 g/mol. The van der Waals surface area contributed by atoms with E-state index < -0.39 is 36.2 Å². The summed E-state index contributed by atoms with van der Waals surface area (Å²) < 4.78 is 76.6. The number of H-pyrrole nitrogens is 3. The molecular formula is C95H97Cl3FN11O14. The molecule has 0 radical (unpaired) electrons. The van der Waals surface area contributed by atoms with Crippen LogP contribution in [-0.2, 0) is 35.3 Å². The Labute approximate surface area is 732 Å². The van der Waals surface area contributed by atoms with Crippen LogP contribution in [0.25, 0.3) is 32.7 Å². The molecule has 0 saturated carbocycles. The minimum atomic E-state index is -0.531. The highest BCUT2D eigenvalue weighted by molar-refractivity contribution is 6.32. The number of ether oxygens (including phenoxy) is 11. The molecule has 5 aliphatic rings. The molecule has 2 fully saturated rings. The number of carbonyl (C=O) groups excluding carboxylic acids is 3. The number of aromatic amines is 3. The van der Waals surface area contributed by atoms with E-state index in [4.69, 9.17) is 86.9 Å². The van der Waals surface area contributed by atoms with Gasteiger partial charge in [-0.05, 0) is 224 Å². The summed E-state index contributed by atoms with van der Waals surface area (Å²) in [4.78, 5) is 63.0. The number of carbonyl (C=O) groups is 3. The van der Waals surface area contributed by atoms with Crippen LogP contribution < -0.4 is 42.6 Å². The highest BCUT2D eigenvalue weighted by atomic mass is 35.5. The Kier molecular flexibility index (Phi) is 27.7. The van der Waals surface area contributed by atoms with Crippen molar-refractivity contribution in [3.8, 4) is 51.7 Å². The minimum Gasteiger partial charge on any atom is -0.497 e. The topological polar surface area (TPSA) is 247 Å². The summed E-state index contributed by atoms with van der Waals surface area (Å²) in [7, 11) is 4.84. The fraction of sp³-hybridized carbons (Fsp3) is 0.316. The number of methoxy groups -OCH3 is 3. The number of halogens is 4. The van der Waals surface area contributed by atoms with E-state index in [0.717, 1.165) is 179 Å². The monoisotopic (exact) mass is 1740 g/mol. The Morgan fingerprint density at radius 1 is 0.403 bits per heavy atom. The number of hydrogen-bond acceptors (Lipinski definition) is 18. The summed E-state index contributed by atoms with van der Waals surface area (Å²) in [6.07, 6.45) is 6.51. The standard InChI is InChI=1S/C33H36ClN3O5.C32H33ClFN3O5.C30H28ClN5O4/c1-22-4-8-25(9-5-22)42-33(38)37-14-12-26-27-21-24(34)7-10-28(27)35-31(26)32(37)23-6-11-29(30(20-23)39-2)41-17-3-13-36-15-18-40-19-16-36;1-39-29-19-21(3-10-28(29)41-16-2-12-36-14-17-40-18-15-36)31-30-25(26-20-22(33)4-9-27(26)35-30)11-13-37(31)32(38)42-24-7-5-23(34)6-8-24;1-38-22-8-10-24(11-9-22)40-30(37)35-17-13-25-26-19-21(31)5-12-27(26)34-28(25)29(35)20-3-6-23(7-4-20)39-18-2-16-36-32-14-15-33-36/h4-11,20-21,32,35H,3,12-19H2,1-2H3;3-10,19-20,31,35H,2,11-18H2,1H3;3-12,14-15,19,29,34H,2,13,16-18H2,1H3. The van der Waals surface area contributed by atoms with Crippen LogP contribution in [0.2, 0.25) is 15.1 Å². The molecule has 3 N–H and O–H groups in total. The van der Waals surface area contributed by atoms with Crippen molar-refractivity contribution in [2.24, 2.45) is 0 Å². The van der Waals surface area contributed by atoms with Crippen molar-refractivity contribution in [3.05, 3.63) is 277 Å². The maximum Gasteiger partial charge on any atom is 0.416 e. The first-order chi connectivity index (χ1) is 60.6. The van der Waals surface area contributed by atoms with Crippen LogP contribution in [0.4, 0.5) is 18.8 Å². The number of fused-ring (bicyclic) bond motifs is 9. The molecule has 0 spiro atoms. The van der Waals surface area contributed by atoms with Crippen molar-refractivity contribution in [3.63, 3.8) is 0 Å². The smallest absolute Gasteiger partial charge is 0.416 e. The van der Waals surface area contributed by atoms with E-state index in [1.165, 1.54) is 24.3 Å². The lowest BCUT2D eigenvalue weighted by Crippen LogP contribution is -2.42. The van der Waals surface area contributed by atoms with Crippen molar-refractivity contribution in [2.45, 2.75) is 70.1 Å². The Morgan fingerprint density at radius 2 is 0.766 bits per heavy atom. The molecule has 18 rings (SSSR count). The molecule has 25 nitrogen and oxygen atoms in total. The first kappa shape index (κ1) is 85.5. The van der Waals surface area contributed by atoms with Gasteiger partial charge in [0.15, 0.2) is 23.0 Å². The van der Waals surface area contributed by atoms with Gasteiger partial charge < -0.3 is 67.1 Å². The van der Waals surface area contributed by atoms with Crippen molar-refractivity contribution in [1.29, 1.82) is 0 Å². The Bertz CT molecular complexity index is 5590. The van der Waals surface area contributed by atoms with Crippen molar-refractivity contribution in [1.82, 2.24) is 54.4 Å². The van der Waals surface area contributed by atoms with E-state index >= 15 is 0 Å². The summed E-state index contributed by atoms with van der Waals surface area (Å²) in [5.41, 5.74) is 12.9. The van der Waals surface area contributed by atoms with Gasteiger partial charge in [0, 0.05) is 130 Å². The second kappa shape index (κ2) is 40.1. The largest absolute Gasteiger partial charge is 0.497 e. The van der Waals surface area contributed by atoms with Gasteiger partial charge in [0.2, 0.25) is 0 Å². The Balaban J connectivity index is 0.000000138. The third-order valence-electron chi connectivity index (χ3n) is 22.9. The molecule has 9 aromatic carbocycles. The van der Waals surface area contributed by atoms with Gasteiger partial charge >= 0.3 is 18.3 Å². The van der Waals surface area contributed by atoms with E-state index in [1.54, 1.807) is 77.5 Å². The summed E-state index contributed by atoms with van der Waals surface area (Å²) in [6, 6.07) is 55.5. The van der Waals surface area contributed by atoms with Gasteiger partial charge in [0.05, 0.1) is 86.5 Å². The third kappa shape index (κ3) is 20.3. The molecule has 3 atom stereocenters. The molecule has 5 aliphatic heterocycles. The zero-order chi connectivity index (χ0) is 85.6. The normalized spacial score (nSPS) is 16.4. The van der Waals surface area contributed by atoms with Gasteiger partial charge in [-0.2, -0.15) is 15.0 Å². The molecule has 3 unspecified atom stereocenters. The molecule has 124 heavy (non-hydrogen) atoms. The predicted octanol–water partition coefficient (Wildman–Crippen LogP) is 18.6. The number of morpholine rings is 2. The Hall–Kier alpha value is -12.0. The van der Waals surface area contributed by atoms with E-state index in [0.29, 0.717) is 121 Å². The van der Waals surface area contributed by atoms with Gasteiger partial charge in [-0.1, -0.05) is 76.8 Å². The van der Waals surface area contributed by atoms with E-state index in [-0.39, 0.29) is 11.8 Å². The average Bonchev–Trinajstić information content (AvgIpc) is 1.60. The zero-order valence-electron chi connectivity index (χ0n) is 69.4. The Morgan fingerprint density at radius 3 is 1.18 bits per heavy atom. The summed E-state index contributed by atoms with van der Waals surface area (Å²) in [6.45, 7) is 14.6. The number of rotatable bonds is 24. The highest BCUT2D eigenvalue weighted by Crippen LogP contribution is 2.46. The molecule has 644 valence electrons. The lowest BCUT2D eigenvalue weighted by atomic mass is 9.92. The van der Waals surface area contributed by atoms with Gasteiger partial charge in [0.1, 0.15) is 52.7 Å². The molecule has 0 bridgehead atoms. The van der Waals surface area contributed by atoms with Gasteiger partial charge in [-0.15, -0.1) is 0 Å². The number of aryl methyl sites for hydroxylation is 2. The molecule has 4 aromatic heterocycles. The number of amides is 3. The first-order valence-corrected chi connectivity index (χ1v) is 42.8. The minimum absolute atomic E-state index is 0.271. The quantitative estimate of drug-likeness (QED) is 0.0476. The van der Waals surface area contributed by atoms with E-state index in [2.05, 4.69) is 34.9 Å². The SMILES string of the molecule is COc1cc(C2c3[nH]c4ccc(Cl)cc4c3CCN2C(=O)Oc2ccc(C)cc2)ccc1OCCCN1CCOCC1.COc1cc(C2c3[nH]c4ccc(Cl)cc4c3CCN2C(=O)Oc2ccc(F)cc2)ccc1OCCCN1CCOCC1.COc1ccc(OC(=O)N2CCc3c([nH]c4ccc(Cl)cc34)C2c2ccc(OCCCn3nccn3)cc2)cc1. The van der Waals surface area contributed by atoms with Crippen LogP contribution in [0.5, 0.6) is 51.7 Å². The van der Waals surface area contributed by atoms with Crippen molar-refractivity contribution < 1.29 is 70.9 Å². The van der Waals surface area contributed by atoms with Crippen LogP contribution in [0.3, 0.4) is 0 Å². The lowest BCUT2D eigenvalue weighted by molar-refractivity contribution is 0.0357. The maximum atomic E-state index is 13.6. The number of nitrogens with one attached hydrogen (secondary N) is 3. The van der Waals surface area contributed by atoms with Crippen LogP contribution in [0.15, 0.2) is 200 Å². The number of hydrogen-bond donors (Lipinski definition) is 3. The molecule has 2 saturated heterocycles. The second-order valence-electron chi connectivity index (χ2n) is 30.7.